The van der Waals surface area contributed by atoms with Gasteiger partial charge in [0.25, 0.3) is 0 Å². The van der Waals surface area contributed by atoms with Crippen molar-refractivity contribution in [1.82, 2.24) is 19.8 Å². The summed E-state index contributed by atoms with van der Waals surface area (Å²) in [4.78, 5) is 38.4. The first kappa shape index (κ1) is 26.7. The predicted molar refractivity (Wildman–Crippen MR) is 138 cm³/mol. The molecule has 190 valence electrons. The fraction of sp³-hybridized carbons (Fsp3) is 0.538. The molecule has 0 aliphatic carbocycles. The molecule has 1 aromatic carbocycles. The summed E-state index contributed by atoms with van der Waals surface area (Å²) >= 11 is 6.09. The van der Waals surface area contributed by atoms with Gasteiger partial charge in [0.1, 0.15) is 5.60 Å². The van der Waals surface area contributed by atoms with Crippen molar-refractivity contribution in [2.24, 2.45) is 0 Å². The van der Waals surface area contributed by atoms with E-state index in [1.165, 1.54) is 4.90 Å². The van der Waals surface area contributed by atoms with Gasteiger partial charge in [0, 0.05) is 49.7 Å². The first-order valence-electron chi connectivity index (χ1n) is 12.0. The molecule has 0 spiro atoms. The molecule has 2 amide bonds. The number of carbonyl (C=O) groups excluding carboxylic acids is 2. The summed E-state index contributed by atoms with van der Waals surface area (Å²) in [5.74, 6) is 0.387. The predicted octanol–water partition coefficient (Wildman–Crippen LogP) is 4.88. The van der Waals surface area contributed by atoms with Crippen LogP contribution < -0.4 is 5.32 Å². The zero-order valence-electron chi connectivity index (χ0n) is 21.5. The average Bonchev–Trinajstić information content (AvgIpc) is 2.77. The van der Waals surface area contributed by atoms with Crippen molar-refractivity contribution in [3.8, 4) is 0 Å². The van der Waals surface area contributed by atoms with Gasteiger partial charge in [0.2, 0.25) is 11.9 Å². The lowest BCUT2D eigenvalue weighted by Gasteiger charge is -2.31. The number of aromatic nitrogens is 2. The third-order valence-corrected chi connectivity index (χ3v) is 5.93. The maximum Gasteiger partial charge on any atom is 0.410 e. The number of rotatable bonds is 7. The molecule has 2 heterocycles. The first-order valence-corrected chi connectivity index (χ1v) is 12.4. The van der Waals surface area contributed by atoms with E-state index in [0.29, 0.717) is 37.0 Å². The number of anilines is 1. The van der Waals surface area contributed by atoms with Gasteiger partial charge in [-0.15, -0.1) is 0 Å². The van der Waals surface area contributed by atoms with Crippen LogP contribution in [0.1, 0.15) is 63.8 Å². The molecule has 35 heavy (non-hydrogen) atoms. The quantitative estimate of drug-likeness (QED) is 0.582. The summed E-state index contributed by atoms with van der Waals surface area (Å²) in [7, 11) is 1.69. The van der Waals surface area contributed by atoms with Crippen LogP contribution in [-0.4, -0.2) is 63.5 Å². The molecule has 1 aliphatic heterocycles. The summed E-state index contributed by atoms with van der Waals surface area (Å²) in [6.07, 6.45) is 2.40. The SMILES string of the molecule is CC(C)Nc1ncc2c(n1)CN(C(=O)C[C@H](CN(C)C(=O)OC(C)(C)C)c1ccc(Cl)cc1)CC2. The highest BCUT2D eigenvalue weighted by Gasteiger charge is 2.28. The van der Waals surface area contributed by atoms with Crippen molar-refractivity contribution in [2.45, 2.75) is 71.6 Å². The molecule has 3 rings (SSSR count). The van der Waals surface area contributed by atoms with Crippen LogP contribution in [0.2, 0.25) is 5.02 Å². The molecule has 0 saturated carbocycles. The zero-order valence-corrected chi connectivity index (χ0v) is 22.2. The van der Waals surface area contributed by atoms with Gasteiger partial charge >= 0.3 is 6.09 Å². The van der Waals surface area contributed by atoms with E-state index in [9.17, 15) is 9.59 Å². The Bertz CT molecular complexity index is 1040. The fourth-order valence-corrected chi connectivity index (χ4v) is 4.08. The lowest BCUT2D eigenvalue weighted by atomic mass is 9.94. The summed E-state index contributed by atoms with van der Waals surface area (Å²) < 4.78 is 5.50. The number of fused-ring (bicyclic) bond motifs is 1. The molecule has 1 aromatic heterocycles. The Balaban J connectivity index is 1.74. The molecule has 1 atom stereocenters. The Morgan fingerprint density at radius 2 is 1.91 bits per heavy atom. The van der Waals surface area contributed by atoms with Gasteiger partial charge in [-0.25, -0.2) is 14.8 Å². The molecule has 0 bridgehead atoms. The Labute approximate surface area is 213 Å². The molecule has 1 aliphatic rings. The van der Waals surface area contributed by atoms with Crippen molar-refractivity contribution in [3.05, 3.63) is 52.3 Å². The van der Waals surface area contributed by atoms with E-state index in [2.05, 4.69) is 15.3 Å². The molecule has 0 saturated heterocycles. The minimum absolute atomic E-state index is 0.0187. The molecule has 9 heteroatoms. The number of hydrogen-bond donors (Lipinski definition) is 1. The molecule has 0 fully saturated rings. The zero-order chi connectivity index (χ0) is 25.8. The highest BCUT2D eigenvalue weighted by atomic mass is 35.5. The van der Waals surface area contributed by atoms with Gasteiger partial charge < -0.3 is 19.9 Å². The van der Waals surface area contributed by atoms with Gasteiger partial charge in [-0.3, -0.25) is 4.79 Å². The standard InChI is InChI=1S/C26H36ClN5O3/c1-17(2)29-24-28-14-19-11-12-32(16-22(19)30-24)23(33)13-20(18-7-9-21(27)10-8-18)15-31(6)25(34)35-26(3,4)5/h7-10,14,17,20H,11-13,15-16H2,1-6H3,(H,28,29,30)/t20-/m1/s1. The number of carbonyl (C=O) groups is 2. The van der Waals surface area contributed by atoms with Crippen molar-refractivity contribution in [3.63, 3.8) is 0 Å². The average molecular weight is 502 g/mol. The van der Waals surface area contributed by atoms with E-state index < -0.39 is 11.7 Å². The smallest absolute Gasteiger partial charge is 0.410 e. The molecule has 0 radical (unpaired) electrons. The van der Waals surface area contributed by atoms with Crippen LogP contribution >= 0.6 is 11.6 Å². The number of benzene rings is 1. The lowest BCUT2D eigenvalue weighted by molar-refractivity contribution is -0.132. The van der Waals surface area contributed by atoms with Crippen LogP contribution in [0.5, 0.6) is 0 Å². The maximum atomic E-state index is 13.4. The third kappa shape index (κ3) is 7.82. The maximum absolute atomic E-state index is 13.4. The number of ether oxygens (including phenoxy) is 1. The third-order valence-electron chi connectivity index (χ3n) is 5.68. The van der Waals surface area contributed by atoms with E-state index in [0.717, 1.165) is 16.8 Å². The second-order valence-corrected chi connectivity index (χ2v) is 10.8. The molecule has 8 nitrogen and oxygen atoms in total. The Morgan fingerprint density at radius 1 is 1.23 bits per heavy atom. The summed E-state index contributed by atoms with van der Waals surface area (Å²) in [6.45, 7) is 11.0. The fourth-order valence-electron chi connectivity index (χ4n) is 3.95. The van der Waals surface area contributed by atoms with Crippen molar-refractivity contribution in [1.29, 1.82) is 0 Å². The lowest BCUT2D eigenvalue weighted by Crippen LogP contribution is -2.40. The Morgan fingerprint density at radius 3 is 2.54 bits per heavy atom. The molecule has 1 N–H and O–H groups in total. The van der Waals surface area contributed by atoms with Crippen LogP contribution in [0.15, 0.2) is 30.5 Å². The number of nitrogens with zero attached hydrogens (tertiary/aromatic N) is 4. The van der Waals surface area contributed by atoms with Gasteiger partial charge in [-0.05, 0) is 64.3 Å². The van der Waals surface area contributed by atoms with E-state index in [1.807, 2.05) is 57.8 Å². The van der Waals surface area contributed by atoms with Crippen LogP contribution in [0, 0.1) is 0 Å². The van der Waals surface area contributed by atoms with E-state index in [-0.39, 0.29) is 24.3 Å². The van der Waals surface area contributed by atoms with Gasteiger partial charge in [0.05, 0.1) is 12.2 Å². The van der Waals surface area contributed by atoms with Crippen LogP contribution in [0.25, 0.3) is 0 Å². The van der Waals surface area contributed by atoms with Crippen LogP contribution in [-0.2, 0) is 22.5 Å². The normalized spacial score (nSPS) is 14.3. The van der Waals surface area contributed by atoms with Crippen molar-refractivity contribution in [2.75, 3.05) is 25.5 Å². The van der Waals surface area contributed by atoms with E-state index in [4.69, 9.17) is 16.3 Å². The summed E-state index contributed by atoms with van der Waals surface area (Å²) in [6, 6.07) is 7.65. The highest BCUT2D eigenvalue weighted by Crippen LogP contribution is 2.26. The van der Waals surface area contributed by atoms with Gasteiger partial charge in [-0.2, -0.15) is 0 Å². The van der Waals surface area contributed by atoms with E-state index >= 15 is 0 Å². The highest BCUT2D eigenvalue weighted by molar-refractivity contribution is 6.30. The number of likely N-dealkylation sites (N-methyl/N-ethyl adjacent to an activating group) is 1. The van der Waals surface area contributed by atoms with E-state index in [1.54, 1.807) is 19.2 Å². The Hall–Kier alpha value is -2.87. The Kier molecular flexibility index (Phi) is 8.59. The van der Waals surface area contributed by atoms with Gasteiger partial charge in [-0.1, -0.05) is 23.7 Å². The van der Waals surface area contributed by atoms with Crippen molar-refractivity contribution < 1.29 is 14.3 Å². The summed E-state index contributed by atoms with van der Waals surface area (Å²) in [5.41, 5.74) is 2.30. The number of nitrogens with one attached hydrogen (secondary N) is 1. The monoisotopic (exact) mass is 501 g/mol. The first-order chi connectivity index (χ1) is 16.4. The van der Waals surface area contributed by atoms with Gasteiger partial charge in [0.15, 0.2) is 0 Å². The largest absolute Gasteiger partial charge is 0.444 e. The molecular weight excluding hydrogens is 466 g/mol. The topological polar surface area (TPSA) is 87.7 Å². The second kappa shape index (κ2) is 11.2. The van der Waals surface area contributed by atoms with Crippen LogP contribution in [0.3, 0.4) is 0 Å². The van der Waals surface area contributed by atoms with Crippen molar-refractivity contribution >= 4 is 29.5 Å². The number of hydrogen-bond acceptors (Lipinski definition) is 6. The molecule has 0 unspecified atom stereocenters. The minimum atomic E-state index is -0.594. The molecule has 2 aromatic rings. The minimum Gasteiger partial charge on any atom is -0.444 e. The number of amides is 2. The number of halogens is 1. The van der Waals surface area contributed by atoms with Crippen LogP contribution in [0.4, 0.5) is 10.7 Å². The second-order valence-electron chi connectivity index (χ2n) is 10.3. The summed E-state index contributed by atoms with van der Waals surface area (Å²) in [5, 5.41) is 3.84. The molecular formula is C26H36ClN5O3.